The first-order valence-corrected chi connectivity index (χ1v) is 8.28. The van der Waals surface area contributed by atoms with E-state index in [-0.39, 0.29) is 0 Å². The summed E-state index contributed by atoms with van der Waals surface area (Å²) in [6.45, 7) is 0.758. The highest BCUT2D eigenvalue weighted by Gasteiger charge is 2.13. The summed E-state index contributed by atoms with van der Waals surface area (Å²) in [6, 6.07) is 23.6. The number of nitrogens with zero attached hydrogens (tertiary/aromatic N) is 5. The maximum absolute atomic E-state index is 5.32. The van der Waals surface area contributed by atoms with Gasteiger partial charge in [-0.1, -0.05) is 65.8 Å². The van der Waals surface area contributed by atoms with Gasteiger partial charge < -0.3 is 9.42 Å². The number of hydrogen-bond donors (Lipinski definition) is 0. The molecule has 0 bridgehead atoms. The molecule has 0 amide bonds. The second-order valence-corrected chi connectivity index (χ2v) is 5.91. The van der Waals surface area contributed by atoms with E-state index < -0.39 is 0 Å². The van der Waals surface area contributed by atoms with E-state index in [1.807, 2.05) is 72.6 Å². The summed E-state index contributed by atoms with van der Waals surface area (Å²) < 4.78 is 5.32. The van der Waals surface area contributed by atoms with Crippen molar-refractivity contribution in [1.29, 1.82) is 0 Å². The SMILES string of the molecule is CN(Cc1ccccc1)c1ccc(-c2nc(-c3ccccc3)no2)nn1. The molecule has 2 heterocycles. The molecule has 0 saturated carbocycles. The minimum atomic E-state index is 0.355. The molecule has 6 heteroatoms. The Bertz CT molecular complexity index is 968. The summed E-state index contributed by atoms with van der Waals surface area (Å²) >= 11 is 0. The van der Waals surface area contributed by atoms with E-state index in [0.29, 0.717) is 17.4 Å². The topological polar surface area (TPSA) is 67.9 Å². The molecule has 128 valence electrons. The predicted molar refractivity (Wildman–Crippen MR) is 99.3 cm³/mol. The molecule has 2 aromatic heterocycles. The molecule has 0 N–H and O–H groups in total. The Labute approximate surface area is 151 Å². The average molecular weight is 343 g/mol. The normalized spacial score (nSPS) is 10.7. The zero-order valence-corrected chi connectivity index (χ0v) is 14.3. The molecule has 0 aliphatic carbocycles. The fourth-order valence-corrected chi connectivity index (χ4v) is 2.61. The van der Waals surface area contributed by atoms with Crippen molar-refractivity contribution in [3.05, 3.63) is 78.4 Å². The molecule has 0 spiro atoms. The highest BCUT2D eigenvalue weighted by atomic mass is 16.5. The van der Waals surface area contributed by atoms with Gasteiger partial charge in [0.1, 0.15) is 0 Å². The molecule has 0 fully saturated rings. The summed E-state index contributed by atoms with van der Waals surface area (Å²) in [5, 5.41) is 12.5. The summed E-state index contributed by atoms with van der Waals surface area (Å²) in [5.74, 6) is 1.67. The molecule has 0 aliphatic heterocycles. The van der Waals surface area contributed by atoms with Crippen molar-refractivity contribution >= 4 is 5.82 Å². The molecule has 6 nitrogen and oxygen atoms in total. The van der Waals surface area contributed by atoms with Crippen molar-refractivity contribution in [2.24, 2.45) is 0 Å². The number of benzene rings is 2. The molecule has 0 saturated heterocycles. The first-order valence-electron chi connectivity index (χ1n) is 8.28. The smallest absolute Gasteiger partial charge is 0.278 e. The van der Waals surface area contributed by atoms with Crippen LogP contribution in [-0.2, 0) is 6.54 Å². The predicted octanol–water partition coefficient (Wildman–Crippen LogP) is 3.83. The molecule has 0 aliphatic rings. The van der Waals surface area contributed by atoms with Crippen LogP contribution in [0.4, 0.5) is 5.82 Å². The molecule has 4 rings (SSSR count). The summed E-state index contributed by atoms with van der Waals surface area (Å²) in [5.41, 5.74) is 2.66. The van der Waals surface area contributed by atoms with Crippen LogP contribution in [0.5, 0.6) is 0 Å². The Hall–Kier alpha value is -3.54. The maximum Gasteiger partial charge on any atom is 0.278 e. The van der Waals surface area contributed by atoms with E-state index in [4.69, 9.17) is 4.52 Å². The lowest BCUT2D eigenvalue weighted by Gasteiger charge is -2.17. The Morgan fingerprint density at radius 1 is 0.846 bits per heavy atom. The van der Waals surface area contributed by atoms with Crippen molar-refractivity contribution in [3.8, 4) is 23.0 Å². The maximum atomic E-state index is 5.32. The van der Waals surface area contributed by atoms with Crippen LogP contribution in [0.3, 0.4) is 0 Å². The molecule has 4 aromatic rings. The van der Waals surface area contributed by atoms with E-state index in [9.17, 15) is 0 Å². The van der Waals surface area contributed by atoms with Gasteiger partial charge in [0.2, 0.25) is 5.82 Å². The van der Waals surface area contributed by atoms with Gasteiger partial charge >= 0.3 is 0 Å². The third kappa shape index (κ3) is 3.44. The summed E-state index contributed by atoms with van der Waals surface area (Å²) in [7, 11) is 1.98. The van der Waals surface area contributed by atoms with Crippen molar-refractivity contribution in [2.45, 2.75) is 6.54 Å². The van der Waals surface area contributed by atoms with Gasteiger partial charge in [-0.3, -0.25) is 0 Å². The van der Waals surface area contributed by atoms with Gasteiger partial charge in [0.15, 0.2) is 11.5 Å². The van der Waals surface area contributed by atoms with Crippen LogP contribution >= 0.6 is 0 Å². The Kier molecular flexibility index (Phi) is 4.38. The van der Waals surface area contributed by atoms with Gasteiger partial charge in [-0.15, -0.1) is 10.2 Å². The van der Waals surface area contributed by atoms with Crippen molar-refractivity contribution in [3.63, 3.8) is 0 Å². The van der Waals surface area contributed by atoms with Crippen molar-refractivity contribution in [1.82, 2.24) is 20.3 Å². The van der Waals surface area contributed by atoms with Gasteiger partial charge in [-0.25, -0.2) is 0 Å². The van der Waals surface area contributed by atoms with E-state index in [1.165, 1.54) is 5.56 Å². The van der Waals surface area contributed by atoms with Gasteiger partial charge in [0.25, 0.3) is 5.89 Å². The van der Waals surface area contributed by atoms with Gasteiger partial charge in [0, 0.05) is 19.2 Å². The molecular weight excluding hydrogens is 326 g/mol. The first kappa shape index (κ1) is 16.0. The van der Waals surface area contributed by atoms with Gasteiger partial charge in [-0.05, 0) is 17.7 Å². The van der Waals surface area contributed by atoms with Crippen molar-refractivity contribution in [2.75, 3.05) is 11.9 Å². The zero-order chi connectivity index (χ0) is 17.8. The fraction of sp³-hybridized carbons (Fsp3) is 0.100. The van der Waals surface area contributed by atoms with Gasteiger partial charge in [0.05, 0.1) is 0 Å². The van der Waals surface area contributed by atoms with E-state index in [0.717, 1.165) is 17.9 Å². The van der Waals surface area contributed by atoms with Gasteiger partial charge in [-0.2, -0.15) is 4.98 Å². The average Bonchev–Trinajstić information content (AvgIpc) is 3.20. The number of anilines is 1. The highest BCUT2D eigenvalue weighted by Crippen LogP contribution is 2.21. The largest absolute Gasteiger partial charge is 0.354 e. The van der Waals surface area contributed by atoms with Crippen LogP contribution < -0.4 is 4.90 Å². The lowest BCUT2D eigenvalue weighted by molar-refractivity contribution is 0.430. The number of rotatable bonds is 5. The minimum absolute atomic E-state index is 0.355. The Morgan fingerprint density at radius 2 is 1.58 bits per heavy atom. The van der Waals surface area contributed by atoms with E-state index in [2.05, 4.69) is 32.5 Å². The standard InChI is InChI=1S/C20H17N5O/c1-25(14-15-8-4-2-5-9-15)18-13-12-17(22-23-18)20-21-19(24-26-20)16-10-6-3-7-11-16/h2-13H,14H2,1H3. The fourth-order valence-electron chi connectivity index (χ4n) is 2.61. The van der Waals surface area contributed by atoms with Crippen LogP contribution in [0.2, 0.25) is 0 Å². The molecule has 0 unspecified atom stereocenters. The number of aromatic nitrogens is 4. The molecule has 2 aromatic carbocycles. The highest BCUT2D eigenvalue weighted by molar-refractivity contribution is 5.57. The quantitative estimate of drug-likeness (QED) is 0.548. The van der Waals surface area contributed by atoms with Crippen molar-refractivity contribution < 1.29 is 4.52 Å². The summed E-state index contributed by atoms with van der Waals surface area (Å²) in [6.07, 6.45) is 0. The van der Waals surface area contributed by atoms with Crippen LogP contribution in [0.1, 0.15) is 5.56 Å². The lowest BCUT2D eigenvalue weighted by Crippen LogP contribution is -2.18. The van der Waals surface area contributed by atoms with E-state index >= 15 is 0 Å². The number of hydrogen-bond acceptors (Lipinski definition) is 6. The lowest BCUT2D eigenvalue weighted by atomic mass is 10.2. The van der Waals surface area contributed by atoms with Crippen LogP contribution in [0.15, 0.2) is 77.3 Å². The second-order valence-electron chi connectivity index (χ2n) is 5.91. The third-order valence-electron chi connectivity index (χ3n) is 3.98. The second kappa shape index (κ2) is 7.14. The minimum Gasteiger partial charge on any atom is -0.354 e. The van der Waals surface area contributed by atoms with Crippen LogP contribution in [0, 0.1) is 0 Å². The third-order valence-corrected chi connectivity index (χ3v) is 3.98. The molecule has 0 radical (unpaired) electrons. The Balaban J connectivity index is 1.50. The summed E-state index contributed by atoms with van der Waals surface area (Å²) in [4.78, 5) is 6.44. The zero-order valence-electron chi connectivity index (χ0n) is 14.3. The molecule has 0 atom stereocenters. The molecular formula is C20H17N5O. The van der Waals surface area contributed by atoms with E-state index in [1.54, 1.807) is 0 Å². The van der Waals surface area contributed by atoms with Crippen LogP contribution in [-0.4, -0.2) is 27.4 Å². The van der Waals surface area contributed by atoms with Crippen LogP contribution in [0.25, 0.3) is 23.0 Å². The first-order chi connectivity index (χ1) is 12.8. The monoisotopic (exact) mass is 343 g/mol. The molecule has 26 heavy (non-hydrogen) atoms. The Morgan fingerprint density at radius 3 is 2.27 bits per heavy atom.